The van der Waals surface area contributed by atoms with E-state index in [0.29, 0.717) is 48.2 Å². The van der Waals surface area contributed by atoms with Gasteiger partial charge in [-0.05, 0) is 56.7 Å². The molecule has 7 nitrogen and oxygen atoms in total. The molecule has 0 saturated carbocycles. The first-order valence-corrected chi connectivity index (χ1v) is 9.43. The van der Waals surface area contributed by atoms with Crippen molar-refractivity contribution in [1.29, 1.82) is 0 Å². The minimum Gasteiger partial charge on any atom is -0.490 e. The highest BCUT2D eigenvalue weighted by Gasteiger charge is 2.12. The maximum atomic E-state index is 12.6. The average molecular weight is 385 g/mol. The van der Waals surface area contributed by atoms with Gasteiger partial charge in [-0.15, -0.1) is 0 Å². The molecule has 3 amide bonds. The lowest BCUT2D eigenvalue weighted by Crippen LogP contribution is -2.28. The summed E-state index contributed by atoms with van der Waals surface area (Å²) in [5.41, 5.74) is 1.61. The van der Waals surface area contributed by atoms with Crippen LogP contribution in [0.25, 0.3) is 0 Å². The summed E-state index contributed by atoms with van der Waals surface area (Å²) in [6, 6.07) is 11.7. The Hall–Kier alpha value is -3.22. The van der Waals surface area contributed by atoms with Crippen molar-refractivity contribution in [3.05, 3.63) is 48.0 Å². The first-order chi connectivity index (χ1) is 13.6. The summed E-state index contributed by atoms with van der Waals surface area (Å²) in [7, 11) is 0. The van der Waals surface area contributed by atoms with E-state index in [4.69, 9.17) is 9.47 Å². The molecule has 0 atom stereocenters. The second-order valence-electron chi connectivity index (χ2n) is 5.96. The smallest absolute Gasteiger partial charge is 0.319 e. The van der Waals surface area contributed by atoms with Crippen molar-refractivity contribution in [1.82, 2.24) is 5.32 Å². The Bertz CT molecular complexity index is 808. The molecule has 0 radical (unpaired) electrons. The van der Waals surface area contributed by atoms with Crippen LogP contribution in [0, 0.1) is 0 Å². The van der Waals surface area contributed by atoms with Gasteiger partial charge in [0.05, 0.1) is 13.2 Å². The number of hydrogen-bond donors (Lipinski definition) is 3. The Morgan fingerprint density at radius 2 is 1.64 bits per heavy atom. The lowest BCUT2D eigenvalue weighted by atomic mass is 10.1. The van der Waals surface area contributed by atoms with Crippen molar-refractivity contribution in [3.8, 4) is 11.5 Å². The van der Waals surface area contributed by atoms with Crippen LogP contribution in [0.3, 0.4) is 0 Å². The Balaban J connectivity index is 2.11. The van der Waals surface area contributed by atoms with Crippen molar-refractivity contribution in [2.45, 2.75) is 27.2 Å². The molecule has 0 bridgehead atoms. The molecule has 3 N–H and O–H groups in total. The van der Waals surface area contributed by atoms with Gasteiger partial charge in [0.25, 0.3) is 5.91 Å². The third kappa shape index (κ3) is 6.19. The fraction of sp³-hybridized carbons (Fsp3) is 0.333. The Labute approximate surface area is 165 Å². The molecule has 0 fully saturated rings. The standard InChI is InChI=1S/C21H27N3O4/c1-4-12-28-18-11-10-15(13-19(18)27-6-3)20(25)23-16-8-7-9-17(14-16)24-21(26)22-5-2/h7-11,13-14H,4-6,12H2,1-3H3,(H,23,25)(H2,22,24,26). The number of urea groups is 1. The van der Waals surface area contributed by atoms with Gasteiger partial charge in [0, 0.05) is 23.5 Å². The molecule has 0 heterocycles. The predicted molar refractivity (Wildman–Crippen MR) is 110 cm³/mol. The summed E-state index contributed by atoms with van der Waals surface area (Å²) in [5, 5.41) is 8.19. The molecule has 2 rings (SSSR count). The van der Waals surface area contributed by atoms with Crippen LogP contribution in [0.2, 0.25) is 0 Å². The number of ether oxygens (including phenoxy) is 2. The van der Waals surface area contributed by atoms with E-state index in [1.165, 1.54) is 0 Å². The maximum Gasteiger partial charge on any atom is 0.319 e. The second-order valence-corrected chi connectivity index (χ2v) is 5.96. The van der Waals surface area contributed by atoms with Gasteiger partial charge in [0.2, 0.25) is 0 Å². The van der Waals surface area contributed by atoms with E-state index in [2.05, 4.69) is 16.0 Å². The predicted octanol–water partition coefficient (Wildman–Crippen LogP) is 4.27. The zero-order valence-corrected chi connectivity index (χ0v) is 16.5. The minimum absolute atomic E-state index is 0.279. The summed E-state index contributed by atoms with van der Waals surface area (Å²) in [5.74, 6) is 0.877. The quantitative estimate of drug-likeness (QED) is 0.601. The van der Waals surface area contributed by atoms with Gasteiger partial charge in [-0.2, -0.15) is 0 Å². The maximum absolute atomic E-state index is 12.6. The van der Waals surface area contributed by atoms with Crippen LogP contribution < -0.4 is 25.4 Å². The molecule has 0 unspecified atom stereocenters. The average Bonchev–Trinajstić information content (AvgIpc) is 2.67. The first-order valence-electron chi connectivity index (χ1n) is 9.43. The summed E-state index contributed by atoms with van der Waals surface area (Å²) < 4.78 is 11.3. The largest absolute Gasteiger partial charge is 0.490 e. The molecule has 0 spiro atoms. The molecule has 0 saturated heterocycles. The van der Waals surface area contributed by atoms with E-state index in [1.54, 1.807) is 42.5 Å². The summed E-state index contributed by atoms with van der Waals surface area (Å²) in [6.45, 7) is 7.33. The number of amides is 3. The number of hydrogen-bond acceptors (Lipinski definition) is 4. The highest BCUT2D eigenvalue weighted by Crippen LogP contribution is 2.29. The van der Waals surface area contributed by atoms with Crippen LogP contribution in [0.1, 0.15) is 37.6 Å². The van der Waals surface area contributed by atoms with E-state index >= 15 is 0 Å². The van der Waals surface area contributed by atoms with Gasteiger partial charge >= 0.3 is 6.03 Å². The number of carbonyl (C=O) groups is 2. The normalized spacial score (nSPS) is 10.1. The van der Waals surface area contributed by atoms with Crippen molar-refractivity contribution in [3.63, 3.8) is 0 Å². The van der Waals surface area contributed by atoms with Gasteiger partial charge in [0.1, 0.15) is 0 Å². The van der Waals surface area contributed by atoms with Crippen LogP contribution in [0.15, 0.2) is 42.5 Å². The molecule has 2 aromatic carbocycles. The van der Waals surface area contributed by atoms with Crippen molar-refractivity contribution in [2.75, 3.05) is 30.4 Å². The number of anilines is 2. The molecule has 28 heavy (non-hydrogen) atoms. The van der Waals surface area contributed by atoms with Crippen molar-refractivity contribution in [2.24, 2.45) is 0 Å². The van der Waals surface area contributed by atoms with E-state index in [1.807, 2.05) is 20.8 Å². The SMILES string of the molecule is CCCOc1ccc(C(=O)Nc2cccc(NC(=O)NCC)c2)cc1OCC. The number of benzene rings is 2. The lowest BCUT2D eigenvalue weighted by molar-refractivity contribution is 0.102. The van der Waals surface area contributed by atoms with Crippen LogP contribution in [0.4, 0.5) is 16.2 Å². The topological polar surface area (TPSA) is 88.7 Å². The molecule has 150 valence electrons. The Morgan fingerprint density at radius 1 is 0.893 bits per heavy atom. The molecular weight excluding hydrogens is 358 g/mol. The van der Waals surface area contributed by atoms with E-state index in [9.17, 15) is 9.59 Å². The molecule has 0 aliphatic rings. The number of carbonyl (C=O) groups excluding carboxylic acids is 2. The third-order valence-corrected chi connectivity index (χ3v) is 3.68. The van der Waals surface area contributed by atoms with Crippen LogP contribution in [-0.2, 0) is 0 Å². The zero-order chi connectivity index (χ0) is 20.4. The monoisotopic (exact) mass is 385 g/mol. The van der Waals surface area contributed by atoms with Gasteiger partial charge in [0.15, 0.2) is 11.5 Å². The Morgan fingerprint density at radius 3 is 2.32 bits per heavy atom. The summed E-state index contributed by atoms with van der Waals surface area (Å²) >= 11 is 0. The second kappa shape index (κ2) is 10.8. The van der Waals surface area contributed by atoms with Crippen LogP contribution in [-0.4, -0.2) is 31.7 Å². The van der Waals surface area contributed by atoms with Gasteiger partial charge in [-0.1, -0.05) is 13.0 Å². The third-order valence-electron chi connectivity index (χ3n) is 3.68. The molecule has 7 heteroatoms. The summed E-state index contributed by atoms with van der Waals surface area (Å²) in [6.07, 6.45) is 0.883. The summed E-state index contributed by atoms with van der Waals surface area (Å²) in [4.78, 5) is 24.3. The van der Waals surface area contributed by atoms with E-state index in [-0.39, 0.29) is 11.9 Å². The van der Waals surface area contributed by atoms with Crippen LogP contribution >= 0.6 is 0 Å². The molecule has 0 aliphatic carbocycles. The van der Waals surface area contributed by atoms with Gasteiger partial charge in [-0.25, -0.2) is 4.79 Å². The van der Waals surface area contributed by atoms with Gasteiger partial charge < -0.3 is 25.4 Å². The molecule has 0 aromatic heterocycles. The Kier molecular flexibility index (Phi) is 8.14. The first kappa shape index (κ1) is 21.1. The van der Waals surface area contributed by atoms with Crippen LogP contribution in [0.5, 0.6) is 11.5 Å². The van der Waals surface area contributed by atoms with E-state index in [0.717, 1.165) is 6.42 Å². The number of rotatable bonds is 9. The van der Waals surface area contributed by atoms with Crippen molar-refractivity contribution >= 4 is 23.3 Å². The zero-order valence-electron chi connectivity index (χ0n) is 16.5. The van der Waals surface area contributed by atoms with E-state index < -0.39 is 0 Å². The fourth-order valence-electron chi connectivity index (χ4n) is 2.46. The fourth-order valence-corrected chi connectivity index (χ4v) is 2.46. The number of nitrogens with one attached hydrogen (secondary N) is 3. The molecule has 2 aromatic rings. The van der Waals surface area contributed by atoms with Gasteiger partial charge in [-0.3, -0.25) is 4.79 Å². The highest BCUT2D eigenvalue weighted by molar-refractivity contribution is 6.05. The molecule has 0 aliphatic heterocycles. The van der Waals surface area contributed by atoms with Crippen molar-refractivity contribution < 1.29 is 19.1 Å². The lowest BCUT2D eigenvalue weighted by Gasteiger charge is -2.13. The highest BCUT2D eigenvalue weighted by atomic mass is 16.5. The minimum atomic E-state index is -0.296. The molecular formula is C21H27N3O4.